The van der Waals surface area contributed by atoms with Crippen molar-refractivity contribution in [2.75, 3.05) is 5.06 Å². The van der Waals surface area contributed by atoms with Crippen LogP contribution in [0.2, 0.25) is 0 Å². The topological polar surface area (TPSA) is 75.8 Å². The maximum Gasteiger partial charge on any atom is 0.267 e. The number of ether oxygens (including phenoxy) is 1. The summed E-state index contributed by atoms with van der Waals surface area (Å²) >= 11 is 0. The largest absolute Gasteiger partial charge is 0.491 e. The smallest absolute Gasteiger partial charge is 0.267 e. The normalized spacial score (nSPS) is 17.3. The lowest BCUT2D eigenvalue weighted by Gasteiger charge is -2.28. The summed E-state index contributed by atoms with van der Waals surface area (Å²) in [7, 11) is 0. The Bertz CT molecular complexity index is 726. The maximum atomic E-state index is 11.8. The Morgan fingerprint density at radius 3 is 2.48 bits per heavy atom. The fraction of sp³-hybridized carbons (Fsp3) is 0.278. The second-order valence-corrected chi connectivity index (χ2v) is 6.00. The molecule has 0 aromatic heterocycles. The van der Waals surface area contributed by atoms with Crippen molar-refractivity contribution < 1.29 is 14.7 Å². The first-order valence-electron chi connectivity index (χ1n) is 7.64. The van der Waals surface area contributed by atoms with E-state index in [1.165, 1.54) is 0 Å². The molecule has 2 aromatic rings. The molecule has 3 N–H and O–H groups in total. The average molecular weight is 312 g/mol. The number of nitrogens with two attached hydrogens (primary N) is 1. The van der Waals surface area contributed by atoms with Gasteiger partial charge in [0.2, 0.25) is 0 Å². The Labute approximate surface area is 135 Å². The first-order valence-corrected chi connectivity index (χ1v) is 7.64. The lowest BCUT2D eigenvalue weighted by Crippen LogP contribution is -2.47. The molecule has 1 aliphatic heterocycles. The predicted octanol–water partition coefficient (Wildman–Crippen LogP) is 2.75. The number of fused-ring (bicyclic) bond motifs is 1. The van der Waals surface area contributed by atoms with Gasteiger partial charge in [-0.2, -0.15) is 5.06 Å². The van der Waals surface area contributed by atoms with E-state index in [2.05, 4.69) is 0 Å². The van der Waals surface area contributed by atoms with Crippen LogP contribution in [0.5, 0.6) is 5.75 Å². The number of hydrogen-bond donors (Lipinski definition) is 2. The number of benzene rings is 2. The van der Waals surface area contributed by atoms with Crippen LogP contribution < -0.4 is 15.5 Å². The standard InChI is InChI=1S/C18H20N2O3/c1-11(2)23-15-7-5-12(6-8-15)13-3-4-14-9-16(19)18(21)20(22)17(14)10-13/h3-8,10-11,16,22H,9,19H2,1-2H3. The third kappa shape index (κ3) is 3.06. The highest BCUT2D eigenvalue weighted by atomic mass is 16.5. The highest BCUT2D eigenvalue weighted by Gasteiger charge is 2.29. The van der Waals surface area contributed by atoms with Gasteiger partial charge in [0.25, 0.3) is 5.91 Å². The second-order valence-electron chi connectivity index (χ2n) is 6.00. The van der Waals surface area contributed by atoms with Crippen molar-refractivity contribution >= 4 is 11.6 Å². The van der Waals surface area contributed by atoms with Gasteiger partial charge in [-0.05, 0) is 55.2 Å². The number of amides is 1. The van der Waals surface area contributed by atoms with Crippen molar-refractivity contribution in [2.24, 2.45) is 5.73 Å². The van der Waals surface area contributed by atoms with Crippen LogP contribution in [0, 0.1) is 0 Å². The molecule has 1 atom stereocenters. The molecule has 3 rings (SSSR count). The van der Waals surface area contributed by atoms with Gasteiger partial charge in [0.05, 0.1) is 17.8 Å². The SMILES string of the molecule is CC(C)Oc1ccc(-c2ccc3c(c2)N(O)C(=O)C(N)C3)cc1. The monoisotopic (exact) mass is 312 g/mol. The summed E-state index contributed by atoms with van der Waals surface area (Å²) in [4.78, 5) is 11.8. The fourth-order valence-corrected chi connectivity index (χ4v) is 2.71. The Kier molecular flexibility index (Phi) is 4.07. The molecule has 1 heterocycles. The number of anilines is 1. The Morgan fingerprint density at radius 2 is 1.83 bits per heavy atom. The molecule has 0 fully saturated rings. The van der Waals surface area contributed by atoms with Crippen LogP contribution in [0.1, 0.15) is 19.4 Å². The highest BCUT2D eigenvalue weighted by Crippen LogP contribution is 2.32. The molecule has 1 amide bonds. The molecule has 23 heavy (non-hydrogen) atoms. The zero-order valence-electron chi connectivity index (χ0n) is 13.2. The molecule has 5 nitrogen and oxygen atoms in total. The summed E-state index contributed by atoms with van der Waals surface area (Å²) in [6.45, 7) is 3.96. The fourth-order valence-electron chi connectivity index (χ4n) is 2.71. The first-order chi connectivity index (χ1) is 11.0. The molecule has 5 heteroatoms. The third-order valence-electron chi connectivity index (χ3n) is 3.84. The van der Waals surface area contributed by atoms with E-state index >= 15 is 0 Å². The number of nitrogens with zero attached hydrogens (tertiary/aromatic N) is 1. The van der Waals surface area contributed by atoms with Crippen LogP contribution in [-0.2, 0) is 11.2 Å². The van der Waals surface area contributed by atoms with Crippen LogP contribution in [0.15, 0.2) is 42.5 Å². The van der Waals surface area contributed by atoms with Gasteiger partial charge in [0.15, 0.2) is 0 Å². The minimum Gasteiger partial charge on any atom is -0.491 e. The first kappa shape index (κ1) is 15.5. The van der Waals surface area contributed by atoms with Gasteiger partial charge in [-0.3, -0.25) is 10.0 Å². The van der Waals surface area contributed by atoms with E-state index in [0.29, 0.717) is 17.2 Å². The van der Waals surface area contributed by atoms with Crippen molar-refractivity contribution in [1.82, 2.24) is 0 Å². The Morgan fingerprint density at radius 1 is 1.17 bits per heavy atom. The summed E-state index contributed by atoms with van der Waals surface area (Å²) < 4.78 is 5.63. The quantitative estimate of drug-likeness (QED) is 0.855. The van der Waals surface area contributed by atoms with Crippen molar-refractivity contribution in [3.05, 3.63) is 48.0 Å². The zero-order valence-corrected chi connectivity index (χ0v) is 13.2. The van der Waals surface area contributed by atoms with Crippen molar-refractivity contribution in [2.45, 2.75) is 32.4 Å². The number of hydrogen-bond acceptors (Lipinski definition) is 4. The van der Waals surface area contributed by atoms with E-state index in [-0.39, 0.29) is 6.10 Å². The van der Waals surface area contributed by atoms with Gasteiger partial charge in [-0.1, -0.05) is 24.3 Å². The van der Waals surface area contributed by atoms with Crippen LogP contribution in [-0.4, -0.2) is 23.3 Å². The van der Waals surface area contributed by atoms with E-state index in [9.17, 15) is 10.0 Å². The molecule has 0 spiro atoms. The molecular formula is C18H20N2O3. The number of carbonyl (C=O) groups excluding carboxylic acids is 1. The molecule has 0 bridgehead atoms. The van der Waals surface area contributed by atoms with Gasteiger partial charge < -0.3 is 10.5 Å². The van der Waals surface area contributed by atoms with Crippen LogP contribution >= 0.6 is 0 Å². The van der Waals surface area contributed by atoms with Gasteiger partial charge in [0, 0.05) is 0 Å². The van der Waals surface area contributed by atoms with Gasteiger partial charge >= 0.3 is 0 Å². The highest BCUT2D eigenvalue weighted by molar-refractivity contribution is 5.98. The summed E-state index contributed by atoms with van der Waals surface area (Å²) in [5.74, 6) is 0.335. The molecular weight excluding hydrogens is 292 g/mol. The molecule has 1 unspecified atom stereocenters. The van der Waals surface area contributed by atoms with E-state index in [1.807, 2.05) is 50.2 Å². The van der Waals surface area contributed by atoms with Crippen LogP contribution in [0.25, 0.3) is 11.1 Å². The molecule has 0 aliphatic carbocycles. The third-order valence-corrected chi connectivity index (χ3v) is 3.84. The van der Waals surface area contributed by atoms with Gasteiger partial charge in [-0.25, -0.2) is 0 Å². The predicted molar refractivity (Wildman–Crippen MR) is 88.6 cm³/mol. The molecule has 1 aliphatic rings. The van der Waals surface area contributed by atoms with E-state index in [4.69, 9.17) is 10.5 Å². The summed E-state index contributed by atoms with van der Waals surface area (Å²) in [6.07, 6.45) is 0.565. The Balaban J connectivity index is 1.91. The van der Waals surface area contributed by atoms with E-state index in [0.717, 1.165) is 22.4 Å². The van der Waals surface area contributed by atoms with Crippen molar-refractivity contribution in [3.63, 3.8) is 0 Å². The lowest BCUT2D eigenvalue weighted by molar-refractivity contribution is -0.125. The zero-order chi connectivity index (χ0) is 16.6. The average Bonchev–Trinajstić information content (AvgIpc) is 2.53. The summed E-state index contributed by atoms with van der Waals surface area (Å²) in [5, 5.41) is 10.7. The maximum absolute atomic E-state index is 11.8. The van der Waals surface area contributed by atoms with E-state index in [1.54, 1.807) is 6.07 Å². The minimum atomic E-state index is -0.689. The van der Waals surface area contributed by atoms with Crippen LogP contribution in [0.4, 0.5) is 5.69 Å². The number of carbonyl (C=O) groups is 1. The molecule has 0 radical (unpaired) electrons. The second kappa shape index (κ2) is 6.02. The van der Waals surface area contributed by atoms with Crippen LogP contribution in [0.3, 0.4) is 0 Å². The van der Waals surface area contributed by atoms with Crippen molar-refractivity contribution in [1.29, 1.82) is 0 Å². The van der Waals surface area contributed by atoms with Gasteiger partial charge in [-0.15, -0.1) is 0 Å². The molecule has 2 aromatic carbocycles. The molecule has 120 valence electrons. The minimum absolute atomic E-state index is 0.128. The summed E-state index contributed by atoms with van der Waals surface area (Å²) in [6, 6.07) is 12.7. The summed E-state index contributed by atoms with van der Waals surface area (Å²) in [5.41, 5.74) is 8.99. The lowest BCUT2D eigenvalue weighted by atomic mass is 9.95. The number of rotatable bonds is 3. The van der Waals surface area contributed by atoms with E-state index < -0.39 is 11.9 Å². The molecule has 0 saturated carbocycles. The Hall–Kier alpha value is -2.37. The van der Waals surface area contributed by atoms with Gasteiger partial charge in [0.1, 0.15) is 5.75 Å². The number of hydroxylamine groups is 1. The molecule has 0 saturated heterocycles. The van der Waals surface area contributed by atoms with Crippen molar-refractivity contribution in [3.8, 4) is 16.9 Å².